The Labute approximate surface area is 165 Å². The highest BCUT2D eigenvalue weighted by molar-refractivity contribution is 5.70. The summed E-state index contributed by atoms with van der Waals surface area (Å²) in [4.78, 5) is 15.6. The van der Waals surface area contributed by atoms with Gasteiger partial charge < -0.3 is 14.7 Å². The number of aliphatic carboxylic acids is 1. The summed E-state index contributed by atoms with van der Waals surface area (Å²) in [5.41, 5.74) is 2.87. The first-order chi connectivity index (χ1) is 13.4. The molecule has 0 aliphatic carbocycles. The van der Waals surface area contributed by atoms with Gasteiger partial charge in [0.25, 0.3) is 0 Å². The normalized spacial score (nSPS) is 16.6. The van der Waals surface area contributed by atoms with Crippen LogP contribution in [-0.2, 0) is 4.79 Å². The molecule has 150 valence electrons. The first-order valence-corrected chi connectivity index (χ1v) is 9.48. The van der Waals surface area contributed by atoms with Gasteiger partial charge in [-0.1, -0.05) is 12.1 Å². The van der Waals surface area contributed by atoms with E-state index in [1.807, 2.05) is 43.3 Å². The third-order valence-corrected chi connectivity index (χ3v) is 5.46. The van der Waals surface area contributed by atoms with Crippen LogP contribution in [0.25, 0.3) is 0 Å². The van der Waals surface area contributed by atoms with Gasteiger partial charge in [-0.3, -0.25) is 9.69 Å². The maximum atomic E-state index is 14.1. The first-order valence-electron chi connectivity index (χ1n) is 9.48. The van der Waals surface area contributed by atoms with Crippen molar-refractivity contribution in [2.24, 2.45) is 5.92 Å². The van der Waals surface area contributed by atoms with E-state index in [0.29, 0.717) is 31.7 Å². The van der Waals surface area contributed by atoms with Crippen LogP contribution in [0.3, 0.4) is 0 Å². The van der Waals surface area contributed by atoms with Gasteiger partial charge in [0.2, 0.25) is 0 Å². The summed E-state index contributed by atoms with van der Waals surface area (Å²) in [5, 5.41) is 9.31. The smallest absolute Gasteiger partial charge is 0.306 e. The zero-order valence-corrected chi connectivity index (χ0v) is 16.6. The Hall–Kier alpha value is -2.60. The summed E-state index contributed by atoms with van der Waals surface area (Å²) in [7, 11) is 5.55. The molecule has 1 N–H and O–H groups in total. The van der Waals surface area contributed by atoms with Gasteiger partial charge >= 0.3 is 5.97 Å². The third-order valence-electron chi connectivity index (χ3n) is 5.46. The predicted molar refractivity (Wildman–Crippen MR) is 107 cm³/mol. The lowest BCUT2D eigenvalue weighted by Gasteiger charge is -2.37. The predicted octanol–water partition coefficient (Wildman–Crippen LogP) is 3.79. The fourth-order valence-corrected chi connectivity index (χ4v) is 3.87. The number of hydrogen-bond donors (Lipinski definition) is 1. The van der Waals surface area contributed by atoms with E-state index in [9.17, 15) is 14.3 Å². The number of nitrogens with zero attached hydrogens (tertiary/aromatic N) is 2. The number of hydrogen-bond acceptors (Lipinski definition) is 4. The summed E-state index contributed by atoms with van der Waals surface area (Å²) in [6.07, 6.45) is 1.17. The van der Waals surface area contributed by atoms with Crippen LogP contribution in [-0.4, -0.2) is 50.3 Å². The molecule has 0 bridgehead atoms. The van der Waals surface area contributed by atoms with Crippen LogP contribution in [0.1, 0.15) is 30.0 Å². The van der Waals surface area contributed by atoms with E-state index in [2.05, 4.69) is 4.90 Å². The molecule has 6 heteroatoms. The molecule has 2 aromatic rings. The van der Waals surface area contributed by atoms with Crippen molar-refractivity contribution in [3.05, 3.63) is 59.4 Å². The number of halogens is 1. The average Bonchev–Trinajstić information content (AvgIpc) is 2.69. The van der Waals surface area contributed by atoms with Gasteiger partial charge in [0.1, 0.15) is 11.6 Å². The number of methoxy groups -OCH3 is 1. The van der Waals surface area contributed by atoms with Crippen LogP contribution in [0.4, 0.5) is 10.1 Å². The number of carboxylic acids is 1. The molecule has 0 saturated carbocycles. The van der Waals surface area contributed by atoms with Gasteiger partial charge in [-0.05, 0) is 61.8 Å². The SMILES string of the molecule is COc1ccc(F)cc1C(c1ccc(N(C)C)cc1)N1CCC(C(=O)O)CC1. The Morgan fingerprint density at radius 1 is 1.18 bits per heavy atom. The molecule has 1 atom stereocenters. The molecule has 28 heavy (non-hydrogen) atoms. The molecule has 1 aliphatic rings. The Balaban J connectivity index is 2.00. The van der Waals surface area contributed by atoms with Gasteiger partial charge in [0.05, 0.1) is 19.1 Å². The molecule has 1 fully saturated rings. The number of ether oxygens (including phenoxy) is 1. The Kier molecular flexibility index (Phi) is 6.19. The number of rotatable bonds is 6. The van der Waals surface area contributed by atoms with Crippen molar-refractivity contribution in [3.63, 3.8) is 0 Å². The van der Waals surface area contributed by atoms with Crippen LogP contribution in [0.15, 0.2) is 42.5 Å². The van der Waals surface area contributed by atoms with Gasteiger partial charge in [-0.25, -0.2) is 4.39 Å². The number of anilines is 1. The number of carbonyl (C=O) groups is 1. The second kappa shape index (κ2) is 8.61. The lowest BCUT2D eigenvalue weighted by molar-refractivity contribution is -0.143. The first kappa shape index (κ1) is 20.1. The summed E-state index contributed by atoms with van der Waals surface area (Å²) < 4.78 is 19.6. The molecule has 1 unspecified atom stereocenters. The second-order valence-corrected chi connectivity index (χ2v) is 7.42. The van der Waals surface area contributed by atoms with E-state index in [0.717, 1.165) is 16.8 Å². The lowest BCUT2D eigenvalue weighted by atomic mass is 9.90. The molecule has 0 spiro atoms. The topological polar surface area (TPSA) is 53.0 Å². The van der Waals surface area contributed by atoms with Crippen molar-refractivity contribution in [1.82, 2.24) is 4.90 Å². The minimum absolute atomic E-state index is 0.198. The van der Waals surface area contributed by atoms with Crippen LogP contribution in [0.2, 0.25) is 0 Å². The summed E-state index contributed by atoms with van der Waals surface area (Å²) in [5.74, 6) is -0.744. The molecule has 5 nitrogen and oxygen atoms in total. The largest absolute Gasteiger partial charge is 0.496 e. The summed E-state index contributed by atoms with van der Waals surface area (Å²) in [6, 6.07) is 12.5. The van der Waals surface area contributed by atoms with E-state index in [1.165, 1.54) is 12.1 Å². The fourth-order valence-electron chi connectivity index (χ4n) is 3.87. The van der Waals surface area contributed by atoms with E-state index in [1.54, 1.807) is 13.2 Å². The molecule has 2 aromatic carbocycles. The maximum Gasteiger partial charge on any atom is 0.306 e. The highest BCUT2D eigenvalue weighted by Crippen LogP contribution is 2.38. The zero-order chi connectivity index (χ0) is 20.3. The quantitative estimate of drug-likeness (QED) is 0.819. The molecule has 0 amide bonds. The minimum Gasteiger partial charge on any atom is -0.496 e. The Morgan fingerprint density at radius 3 is 2.36 bits per heavy atom. The maximum absolute atomic E-state index is 14.1. The summed E-state index contributed by atoms with van der Waals surface area (Å²) >= 11 is 0. The van der Waals surface area contributed by atoms with Gasteiger partial charge in [0.15, 0.2) is 0 Å². The molecular formula is C22H27FN2O3. The number of likely N-dealkylation sites (tertiary alicyclic amines) is 1. The molecular weight excluding hydrogens is 359 g/mol. The van der Waals surface area contributed by atoms with E-state index in [4.69, 9.17) is 4.74 Å². The van der Waals surface area contributed by atoms with Crippen molar-refractivity contribution in [3.8, 4) is 5.75 Å². The lowest BCUT2D eigenvalue weighted by Crippen LogP contribution is -2.39. The molecule has 0 radical (unpaired) electrons. The Bertz CT molecular complexity index is 815. The fraction of sp³-hybridized carbons (Fsp3) is 0.409. The van der Waals surface area contributed by atoms with Gasteiger partial charge in [0, 0.05) is 25.3 Å². The van der Waals surface area contributed by atoms with Crippen LogP contribution in [0.5, 0.6) is 5.75 Å². The number of piperidine rings is 1. The van der Waals surface area contributed by atoms with Crippen LogP contribution < -0.4 is 9.64 Å². The van der Waals surface area contributed by atoms with Crippen molar-refractivity contribution in [2.75, 3.05) is 39.2 Å². The van der Waals surface area contributed by atoms with Crippen molar-refractivity contribution < 1.29 is 19.0 Å². The van der Waals surface area contributed by atoms with Crippen molar-refractivity contribution in [1.29, 1.82) is 0 Å². The molecule has 1 heterocycles. The van der Waals surface area contributed by atoms with E-state index >= 15 is 0 Å². The van der Waals surface area contributed by atoms with Gasteiger partial charge in [-0.2, -0.15) is 0 Å². The third kappa shape index (κ3) is 4.28. The van der Waals surface area contributed by atoms with Crippen molar-refractivity contribution >= 4 is 11.7 Å². The van der Waals surface area contributed by atoms with Crippen LogP contribution in [0, 0.1) is 11.7 Å². The number of benzene rings is 2. The highest BCUT2D eigenvalue weighted by atomic mass is 19.1. The summed E-state index contributed by atoms with van der Waals surface area (Å²) in [6.45, 7) is 1.27. The monoisotopic (exact) mass is 386 g/mol. The molecule has 1 aliphatic heterocycles. The average molecular weight is 386 g/mol. The van der Waals surface area contributed by atoms with E-state index in [-0.39, 0.29) is 17.8 Å². The molecule has 0 aromatic heterocycles. The molecule has 1 saturated heterocycles. The van der Waals surface area contributed by atoms with Crippen molar-refractivity contribution in [2.45, 2.75) is 18.9 Å². The van der Waals surface area contributed by atoms with Crippen LogP contribution >= 0.6 is 0 Å². The van der Waals surface area contributed by atoms with E-state index < -0.39 is 5.97 Å². The molecule has 3 rings (SSSR count). The minimum atomic E-state index is -0.741. The number of carboxylic acid groups (broad SMARTS) is 1. The second-order valence-electron chi connectivity index (χ2n) is 7.42. The standard InChI is InChI=1S/C22H27FN2O3/c1-24(2)18-7-4-15(5-8-18)21(19-14-17(23)6-9-20(19)28-3)25-12-10-16(11-13-25)22(26)27/h4-9,14,16,21H,10-13H2,1-3H3,(H,26,27). The highest BCUT2D eigenvalue weighted by Gasteiger charge is 2.31. The van der Waals surface area contributed by atoms with Gasteiger partial charge in [-0.15, -0.1) is 0 Å². The Morgan fingerprint density at radius 2 is 1.82 bits per heavy atom. The zero-order valence-electron chi connectivity index (χ0n) is 16.6.